The molecular weight excluding hydrogens is 254 g/mol. The molecule has 1 aromatic rings. The summed E-state index contributed by atoms with van der Waals surface area (Å²) in [5.74, 6) is 1.11. The van der Waals surface area contributed by atoms with E-state index >= 15 is 0 Å². The first kappa shape index (κ1) is 14.4. The van der Waals surface area contributed by atoms with E-state index in [1.807, 2.05) is 12.1 Å². The van der Waals surface area contributed by atoms with Crippen LogP contribution in [0.1, 0.15) is 25.7 Å². The van der Waals surface area contributed by atoms with Gasteiger partial charge in [0.25, 0.3) is 5.91 Å². The van der Waals surface area contributed by atoms with Gasteiger partial charge in [-0.1, -0.05) is 23.8 Å². The molecule has 0 atom stereocenters. The fraction of sp³-hybridized carbons (Fsp3) is 0.438. The lowest BCUT2D eigenvalue weighted by molar-refractivity contribution is -0.122. The zero-order valence-corrected chi connectivity index (χ0v) is 11.9. The number of ether oxygens (including phenoxy) is 2. The van der Waals surface area contributed by atoms with Gasteiger partial charge < -0.3 is 14.8 Å². The van der Waals surface area contributed by atoms with Gasteiger partial charge in [0.1, 0.15) is 0 Å². The molecule has 0 bridgehead atoms. The topological polar surface area (TPSA) is 47.6 Å². The average molecular weight is 275 g/mol. The van der Waals surface area contributed by atoms with Crippen molar-refractivity contribution < 1.29 is 14.3 Å². The summed E-state index contributed by atoms with van der Waals surface area (Å²) >= 11 is 0. The first-order valence-corrected chi connectivity index (χ1v) is 7.00. The van der Waals surface area contributed by atoms with Crippen LogP contribution in [0.15, 0.2) is 35.9 Å². The predicted molar refractivity (Wildman–Crippen MR) is 78.0 cm³/mol. The Hall–Kier alpha value is -1.97. The number of allylic oxidation sites excluding steroid dienone is 1. The lowest BCUT2D eigenvalue weighted by Crippen LogP contribution is -2.30. The maximum absolute atomic E-state index is 11.8. The van der Waals surface area contributed by atoms with E-state index in [0.29, 0.717) is 18.0 Å². The molecule has 2 rings (SSSR count). The first-order valence-electron chi connectivity index (χ1n) is 7.00. The molecule has 0 saturated heterocycles. The van der Waals surface area contributed by atoms with Crippen molar-refractivity contribution in [2.24, 2.45) is 0 Å². The van der Waals surface area contributed by atoms with Crippen LogP contribution < -0.4 is 14.8 Å². The zero-order chi connectivity index (χ0) is 14.2. The van der Waals surface area contributed by atoms with E-state index in [-0.39, 0.29) is 12.5 Å². The van der Waals surface area contributed by atoms with Crippen molar-refractivity contribution in [3.8, 4) is 11.5 Å². The molecule has 0 radical (unpaired) electrons. The van der Waals surface area contributed by atoms with Crippen molar-refractivity contribution in [2.75, 3.05) is 20.3 Å². The Kier molecular flexibility index (Phi) is 5.47. The van der Waals surface area contributed by atoms with E-state index in [4.69, 9.17) is 9.47 Å². The van der Waals surface area contributed by atoms with Crippen LogP contribution in [-0.2, 0) is 4.79 Å². The van der Waals surface area contributed by atoms with Gasteiger partial charge >= 0.3 is 0 Å². The zero-order valence-electron chi connectivity index (χ0n) is 11.9. The van der Waals surface area contributed by atoms with E-state index in [1.165, 1.54) is 18.4 Å². The molecule has 1 aromatic carbocycles. The molecule has 1 amide bonds. The van der Waals surface area contributed by atoms with Crippen molar-refractivity contribution in [3.05, 3.63) is 35.9 Å². The fourth-order valence-corrected chi connectivity index (χ4v) is 2.21. The van der Waals surface area contributed by atoms with Gasteiger partial charge in [-0.2, -0.15) is 0 Å². The van der Waals surface area contributed by atoms with E-state index in [0.717, 1.165) is 12.8 Å². The van der Waals surface area contributed by atoms with Gasteiger partial charge in [0, 0.05) is 6.54 Å². The molecule has 108 valence electrons. The Morgan fingerprint density at radius 1 is 1.25 bits per heavy atom. The number of amides is 1. The maximum atomic E-state index is 11.8. The summed E-state index contributed by atoms with van der Waals surface area (Å²) in [6.07, 6.45) is 6.93. The number of nitrogens with one attached hydrogen (secondary N) is 1. The molecule has 0 aliphatic heterocycles. The molecule has 4 nitrogen and oxygen atoms in total. The minimum atomic E-state index is -0.109. The second-order valence-corrected chi connectivity index (χ2v) is 4.82. The number of carbonyl (C=O) groups excluding carboxylic acids is 1. The second-order valence-electron chi connectivity index (χ2n) is 4.82. The standard InChI is InChI=1S/C16H21NO3/c1-19-14-9-5-6-10-15(14)20-12-16(18)17-11-13-7-3-2-4-8-13/h5-7,9-10H,2-4,8,11-12H2,1H3,(H,17,18). The Bertz CT molecular complexity index is 482. The highest BCUT2D eigenvalue weighted by molar-refractivity contribution is 5.77. The van der Waals surface area contributed by atoms with Gasteiger partial charge in [-0.05, 0) is 37.8 Å². The molecular formula is C16H21NO3. The quantitative estimate of drug-likeness (QED) is 0.812. The molecule has 1 N–H and O–H groups in total. The van der Waals surface area contributed by atoms with Crippen molar-refractivity contribution in [2.45, 2.75) is 25.7 Å². The van der Waals surface area contributed by atoms with E-state index < -0.39 is 0 Å². The van der Waals surface area contributed by atoms with Crippen molar-refractivity contribution in [1.29, 1.82) is 0 Å². The monoisotopic (exact) mass is 275 g/mol. The number of benzene rings is 1. The molecule has 20 heavy (non-hydrogen) atoms. The van der Waals surface area contributed by atoms with E-state index in [2.05, 4.69) is 11.4 Å². The average Bonchev–Trinajstić information content (AvgIpc) is 2.52. The van der Waals surface area contributed by atoms with Gasteiger partial charge in [0.05, 0.1) is 7.11 Å². The third-order valence-electron chi connectivity index (χ3n) is 3.33. The summed E-state index contributed by atoms with van der Waals surface area (Å²) in [6.45, 7) is 0.641. The number of hydrogen-bond acceptors (Lipinski definition) is 3. The third-order valence-corrected chi connectivity index (χ3v) is 3.33. The Labute approximate surface area is 119 Å². The lowest BCUT2D eigenvalue weighted by Gasteiger charge is -2.14. The number of rotatable bonds is 6. The molecule has 0 unspecified atom stereocenters. The highest BCUT2D eigenvalue weighted by Crippen LogP contribution is 2.25. The maximum Gasteiger partial charge on any atom is 0.258 e. The number of methoxy groups -OCH3 is 1. The molecule has 1 aliphatic rings. The van der Waals surface area contributed by atoms with Gasteiger partial charge in [0.2, 0.25) is 0 Å². The molecule has 0 fully saturated rings. The second kappa shape index (κ2) is 7.58. The highest BCUT2D eigenvalue weighted by atomic mass is 16.5. The van der Waals surface area contributed by atoms with Gasteiger partial charge in [-0.25, -0.2) is 0 Å². The van der Waals surface area contributed by atoms with Crippen LogP contribution in [0.25, 0.3) is 0 Å². The fourth-order valence-electron chi connectivity index (χ4n) is 2.21. The number of hydrogen-bond donors (Lipinski definition) is 1. The summed E-state index contributed by atoms with van der Waals surface area (Å²) in [7, 11) is 1.58. The minimum Gasteiger partial charge on any atom is -0.493 e. The van der Waals surface area contributed by atoms with E-state index in [9.17, 15) is 4.79 Å². The van der Waals surface area contributed by atoms with Crippen LogP contribution >= 0.6 is 0 Å². The van der Waals surface area contributed by atoms with Gasteiger partial charge in [-0.15, -0.1) is 0 Å². The normalized spacial score (nSPS) is 14.3. The first-order chi connectivity index (χ1) is 9.79. The molecule has 0 aromatic heterocycles. The Balaban J connectivity index is 1.76. The van der Waals surface area contributed by atoms with Crippen LogP contribution in [0, 0.1) is 0 Å². The summed E-state index contributed by atoms with van der Waals surface area (Å²) in [5, 5.41) is 2.89. The molecule has 0 saturated carbocycles. The van der Waals surface area contributed by atoms with Crippen LogP contribution in [0.5, 0.6) is 11.5 Å². The minimum absolute atomic E-state index is 0.00759. The van der Waals surface area contributed by atoms with Crippen LogP contribution in [0.3, 0.4) is 0 Å². The molecule has 0 heterocycles. The van der Waals surface area contributed by atoms with Crippen LogP contribution in [0.4, 0.5) is 0 Å². The predicted octanol–water partition coefficient (Wildman–Crippen LogP) is 2.69. The number of carbonyl (C=O) groups is 1. The largest absolute Gasteiger partial charge is 0.493 e. The Morgan fingerprint density at radius 3 is 2.75 bits per heavy atom. The summed E-state index contributed by atoms with van der Waals surface area (Å²) in [4.78, 5) is 11.8. The van der Waals surface area contributed by atoms with Gasteiger partial charge in [-0.3, -0.25) is 4.79 Å². The molecule has 1 aliphatic carbocycles. The highest BCUT2D eigenvalue weighted by Gasteiger charge is 2.08. The molecule has 0 spiro atoms. The van der Waals surface area contributed by atoms with E-state index in [1.54, 1.807) is 19.2 Å². The third kappa shape index (κ3) is 4.30. The van der Waals surface area contributed by atoms with Crippen molar-refractivity contribution >= 4 is 5.91 Å². The van der Waals surface area contributed by atoms with Crippen molar-refractivity contribution in [3.63, 3.8) is 0 Å². The van der Waals surface area contributed by atoms with Crippen LogP contribution in [0.2, 0.25) is 0 Å². The SMILES string of the molecule is COc1ccccc1OCC(=O)NCC1=CCCCC1. The summed E-state index contributed by atoms with van der Waals surface area (Å²) < 4.78 is 10.6. The number of para-hydroxylation sites is 2. The summed E-state index contributed by atoms with van der Waals surface area (Å²) in [5.41, 5.74) is 1.32. The summed E-state index contributed by atoms with van der Waals surface area (Å²) in [6, 6.07) is 7.31. The van der Waals surface area contributed by atoms with Gasteiger partial charge in [0.15, 0.2) is 18.1 Å². The van der Waals surface area contributed by atoms with Crippen molar-refractivity contribution in [1.82, 2.24) is 5.32 Å². The smallest absolute Gasteiger partial charge is 0.258 e. The molecule has 4 heteroatoms. The lowest BCUT2D eigenvalue weighted by atomic mass is 10.00. The Morgan fingerprint density at radius 2 is 2.05 bits per heavy atom. The van der Waals surface area contributed by atoms with Crippen LogP contribution in [-0.4, -0.2) is 26.2 Å².